The molecule has 4 fully saturated rings. The highest BCUT2D eigenvalue weighted by atomic mass is 16.2. The number of urea groups is 1. The Morgan fingerprint density at radius 1 is 0.933 bits per heavy atom. The van der Waals surface area contributed by atoms with Gasteiger partial charge in [-0.1, -0.05) is 0 Å². The maximum Gasteiger partial charge on any atom is 0.315 e. The molecule has 0 spiro atoms. The zero-order chi connectivity index (χ0) is 9.99. The highest BCUT2D eigenvalue weighted by Gasteiger charge is 2.65. The van der Waals surface area contributed by atoms with Gasteiger partial charge in [-0.05, 0) is 55.8 Å². The smallest absolute Gasteiger partial charge is 0.315 e. The topological polar surface area (TPSA) is 41.1 Å². The number of hydrogen-bond acceptors (Lipinski definition) is 1. The second-order valence-electron chi connectivity index (χ2n) is 5.91. The SMILES string of the molecule is O=C(NC1CC1)NC1C2C3CCC(C3)C12. The first-order valence-corrected chi connectivity index (χ1v) is 6.40. The van der Waals surface area contributed by atoms with Crippen LogP contribution in [0.15, 0.2) is 0 Å². The number of nitrogens with one attached hydrogen (secondary N) is 2. The van der Waals surface area contributed by atoms with E-state index in [1.807, 2.05) is 0 Å². The van der Waals surface area contributed by atoms with Crippen molar-refractivity contribution in [3.63, 3.8) is 0 Å². The summed E-state index contributed by atoms with van der Waals surface area (Å²) in [6, 6.07) is 1.12. The van der Waals surface area contributed by atoms with Crippen molar-refractivity contribution >= 4 is 6.03 Å². The molecular weight excluding hydrogens is 188 g/mol. The lowest BCUT2D eigenvalue weighted by atomic mass is 10.0. The van der Waals surface area contributed by atoms with E-state index in [9.17, 15) is 4.79 Å². The maximum absolute atomic E-state index is 11.6. The minimum atomic E-state index is 0.0938. The third-order valence-corrected chi connectivity index (χ3v) is 4.95. The number of carbonyl (C=O) groups excluding carboxylic acids is 1. The molecule has 0 aromatic carbocycles. The quantitative estimate of drug-likeness (QED) is 0.706. The van der Waals surface area contributed by atoms with E-state index in [1.54, 1.807) is 0 Å². The van der Waals surface area contributed by atoms with Gasteiger partial charge in [0, 0.05) is 12.1 Å². The highest BCUT2D eigenvalue weighted by molar-refractivity contribution is 5.75. The van der Waals surface area contributed by atoms with Crippen molar-refractivity contribution in [1.82, 2.24) is 10.6 Å². The minimum absolute atomic E-state index is 0.0938. The predicted octanol–water partition coefficient (Wildman–Crippen LogP) is 1.49. The van der Waals surface area contributed by atoms with Crippen LogP contribution < -0.4 is 10.6 Å². The van der Waals surface area contributed by atoms with Gasteiger partial charge in [0.15, 0.2) is 0 Å². The van der Waals surface area contributed by atoms with Crippen molar-refractivity contribution < 1.29 is 4.79 Å². The average Bonchev–Trinajstić information content (AvgIpc) is 3.08. The summed E-state index contributed by atoms with van der Waals surface area (Å²) >= 11 is 0. The molecule has 0 heterocycles. The van der Waals surface area contributed by atoms with Crippen molar-refractivity contribution in [3.8, 4) is 0 Å². The number of rotatable bonds is 2. The van der Waals surface area contributed by atoms with E-state index in [0.717, 1.165) is 23.7 Å². The molecule has 2 bridgehead atoms. The van der Waals surface area contributed by atoms with Crippen LogP contribution in [0.4, 0.5) is 4.79 Å². The van der Waals surface area contributed by atoms with E-state index >= 15 is 0 Å². The molecule has 2 N–H and O–H groups in total. The number of amides is 2. The van der Waals surface area contributed by atoms with Gasteiger partial charge in [-0.25, -0.2) is 4.79 Å². The fraction of sp³-hybridized carbons (Fsp3) is 0.917. The molecule has 4 atom stereocenters. The third kappa shape index (κ3) is 1.21. The summed E-state index contributed by atoms with van der Waals surface area (Å²) in [6.07, 6.45) is 6.66. The Hall–Kier alpha value is -0.730. The standard InChI is InChI=1S/C12H18N2O/c15-12(13-8-3-4-8)14-11-9-6-1-2-7(5-6)10(9)11/h6-11H,1-5H2,(H2,13,14,15). The highest BCUT2D eigenvalue weighted by Crippen LogP contribution is 2.65. The molecule has 0 aliphatic heterocycles. The summed E-state index contributed by atoms with van der Waals surface area (Å²) in [6.45, 7) is 0. The fourth-order valence-corrected chi connectivity index (χ4v) is 4.12. The van der Waals surface area contributed by atoms with Crippen LogP contribution in [0.3, 0.4) is 0 Å². The number of fused-ring (bicyclic) bond motifs is 5. The second kappa shape index (κ2) is 2.69. The molecular formula is C12H18N2O. The van der Waals surface area contributed by atoms with Crippen LogP contribution >= 0.6 is 0 Å². The van der Waals surface area contributed by atoms with E-state index in [-0.39, 0.29) is 6.03 Å². The molecule has 4 aliphatic rings. The lowest BCUT2D eigenvalue weighted by Crippen LogP contribution is -2.40. The normalized spacial score (nSPS) is 50.0. The van der Waals surface area contributed by atoms with Crippen molar-refractivity contribution in [2.45, 2.75) is 44.2 Å². The Morgan fingerprint density at radius 3 is 2.20 bits per heavy atom. The molecule has 82 valence electrons. The first kappa shape index (κ1) is 8.43. The van der Waals surface area contributed by atoms with Crippen LogP contribution in [0.25, 0.3) is 0 Å². The van der Waals surface area contributed by atoms with Crippen LogP contribution in [0.2, 0.25) is 0 Å². The summed E-state index contributed by atoms with van der Waals surface area (Å²) in [5, 5.41) is 6.19. The second-order valence-corrected chi connectivity index (χ2v) is 5.91. The zero-order valence-electron chi connectivity index (χ0n) is 8.91. The minimum Gasteiger partial charge on any atom is -0.335 e. The van der Waals surface area contributed by atoms with Crippen LogP contribution in [0.1, 0.15) is 32.1 Å². The molecule has 3 nitrogen and oxygen atoms in total. The van der Waals surface area contributed by atoms with Crippen LogP contribution in [0, 0.1) is 23.7 Å². The van der Waals surface area contributed by atoms with Gasteiger partial charge < -0.3 is 10.6 Å². The first-order valence-electron chi connectivity index (χ1n) is 6.40. The van der Waals surface area contributed by atoms with Gasteiger partial charge in [-0.15, -0.1) is 0 Å². The van der Waals surface area contributed by atoms with Gasteiger partial charge in [0.05, 0.1) is 0 Å². The van der Waals surface area contributed by atoms with Gasteiger partial charge in [-0.3, -0.25) is 0 Å². The van der Waals surface area contributed by atoms with Crippen molar-refractivity contribution in [2.24, 2.45) is 23.7 Å². The van der Waals surface area contributed by atoms with Gasteiger partial charge >= 0.3 is 6.03 Å². The summed E-state index contributed by atoms with van der Waals surface area (Å²) in [7, 11) is 0. The Kier molecular flexibility index (Phi) is 1.51. The zero-order valence-corrected chi connectivity index (χ0v) is 8.91. The lowest BCUT2D eigenvalue weighted by Gasteiger charge is -2.11. The molecule has 4 unspecified atom stereocenters. The van der Waals surface area contributed by atoms with Crippen LogP contribution in [-0.2, 0) is 0 Å². The third-order valence-electron chi connectivity index (χ3n) is 4.95. The van der Waals surface area contributed by atoms with Crippen molar-refractivity contribution in [2.75, 3.05) is 0 Å². The summed E-state index contributed by atoms with van der Waals surface area (Å²) < 4.78 is 0. The lowest BCUT2D eigenvalue weighted by molar-refractivity contribution is 0.238. The molecule has 4 rings (SSSR count). The largest absolute Gasteiger partial charge is 0.335 e. The van der Waals surface area contributed by atoms with Crippen molar-refractivity contribution in [1.29, 1.82) is 0 Å². The maximum atomic E-state index is 11.6. The molecule has 3 heteroatoms. The van der Waals surface area contributed by atoms with Crippen molar-refractivity contribution in [3.05, 3.63) is 0 Å². The molecule has 4 aliphatic carbocycles. The molecule has 4 saturated carbocycles. The molecule has 2 amide bonds. The van der Waals surface area contributed by atoms with E-state index in [1.165, 1.54) is 32.1 Å². The Balaban J connectivity index is 1.35. The van der Waals surface area contributed by atoms with E-state index in [4.69, 9.17) is 0 Å². The number of carbonyl (C=O) groups is 1. The van der Waals surface area contributed by atoms with Gasteiger partial charge in [-0.2, -0.15) is 0 Å². The fourth-order valence-electron chi connectivity index (χ4n) is 4.12. The van der Waals surface area contributed by atoms with E-state index in [0.29, 0.717) is 12.1 Å². The van der Waals surface area contributed by atoms with Gasteiger partial charge in [0.2, 0.25) is 0 Å². The molecule has 0 saturated heterocycles. The van der Waals surface area contributed by atoms with E-state index in [2.05, 4.69) is 10.6 Å². The predicted molar refractivity (Wildman–Crippen MR) is 56.3 cm³/mol. The number of hydrogen-bond donors (Lipinski definition) is 2. The molecule has 15 heavy (non-hydrogen) atoms. The summed E-state index contributed by atoms with van der Waals surface area (Å²) in [5.41, 5.74) is 0. The Morgan fingerprint density at radius 2 is 1.60 bits per heavy atom. The monoisotopic (exact) mass is 206 g/mol. The average molecular weight is 206 g/mol. The Labute approximate surface area is 90.0 Å². The first-order chi connectivity index (χ1) is 7.33. The van der Waals surface area contributed by atoms with Crippen LogP contribution in [0.5, 0.6) is 0 Å². The Bertz CT molecular complexity index is 297. The van der Waals surface area contributed by atoms with Gasteiger partial charge in [0.1, 0.15) is 0 Å². The van der Waals surface area contributed by atoms with Gasteiger partial charge in [0.25, 0.3) is 0 Å². The van der Waals surface area contributed by atoms with Crippen LogP contribution in [-0.4, -0.2) is 18.1 Å². The summed E-state index contributed by atoms with van der Waals surface area (Å²) in [5.74, 6) is 3.61. The summed E-state index contributed by atoms with van der Waals surface area (Å²) in [4.78, 5) is 11.6. The molecule has 0 radical (unpaired) electrons. The molecule has 0 aromatic heterocycles. The molecule has 0 aromatic rings. The van der Waals surface area contributed by atoms with E-state index < -0.39 is 0 Å².